The second-order valence-corrected chi connectivity index (χ2v) is 2.48. The summed E-state index contributed by atoms with van der Waals surface area (Å²) in [6.07, 6.45) is 3.05. The molecule has 0 aromatic heterocycles. The van der Waals surface area contributed by atoms with Crippen molar-refractivity contribution in [1.29, 1.82) is 0 Å². The third kappa shape index (κ3) is 1.12. The van der Waals surface area contributed by atoms with E-state index in [0.717, 1.165) is 24.8 Å². The summed E-state index contributed by atoms with van der Waals surface area (Å²) < 4.78 is 0. The van der Waals surface area contributed by atoms with Gasteiger partial charge in [-0.15, -0.1) is 0 Å². The van der Waals surface area contributed by atoms with Crippen molar-refractivity contribution in [3.05, 3.63) is 11.1 Å². The highest BCUT2D eigenvalue weighted by Crippen LogP contribution is 2.24. The van der Waals surface area contributed by atoms with E-state index in [-0.39, 0.29) is 5.91 Å². The van der Waals surface area contributed by atoms with Crippen LogP contribution in [-0.2, 0) is 4.79 Å². The van der Waals surface area contributed by atoms with Gasteiger partial charge in [0, 0.05) is 5.57 Å². The molecule has 2 nitrogen and oxygen atoms in total. The third-order valence-electron chi connectivity index (χ3n) is 1.79. The molecule has 0 aliphatic heterocycles. The highest BCUT2D eigenvalue weighted by Gasteiger charge is 2.14. The first-order valence-electron chi connectivity index (χ1n) is 3.20. The normalized spacial score (nSPS) is 18.8. The Morgan fingerprint density at radius 2 is 2.22 bits per heavy atom. The average Bonchev–Trinajstić information content (AvgIpc) is 2.13. The van der Waals surface area contributed by atoms with E-state index in [4.69, 9.17) is 5.73 Å². The zero-order valence-electron chi connectivity index (χ0n) is 5.61. The van der Waals surface area contributed by atoms with Gasteiger partial charge in [-0.05, 0) is 26.2 Å². The fourth-order valence-electron chi connectivity index (χ4n) is 1.23. The van der Waals surface area contributed by atoms with E-state index in [2.05, 4.69) is 0 Å². The van der Waals surface area contributed by atoms with Crippen LogP contribution < -0.4 is 5.73 Å². The van der Waals surface area contributed by atoms with Crippen molar-refractivity contribution in [3.63, 3.8) is 0 Å². The topological polar surface area (TPSA) is 43.1 Å². The predicted molar refractivity (Wildman–Crippen MR) is 35.7 cm³/mol. The second kappa shape index (κ2) is 2.21. The molecule has 1 aliphatic carbocycles. The summed E-state index contributed by atoms with van der Waals surface area (Å²) >= 11 is 0. The fraction of sp³-hybridized carbons (Fsp3) is 0.571. The molecule has 0 aromatic rings. The molecule has 1 amide bonds. The summed E-state index contributed by atoms with van der Waals surface area (Å²) in [6.45, 7) is 1.98. The van der Waals surface area contributed by atoms with E-state index in [0.29, 0.717) is 0 Å². The van der Waals surface area contributed by atoms with Crippen LogP contribution in [0.1, 0.15) is 26.2 Å². The monoisotopic (exact) mass is 125 g/mol. The zero-order valence-corrected chi connectivity index (χ0v) is 5.61. The minimum atomic E-state index is -0.231. The molecule has 0 heterocycles. The van der Waals surface area contributed by atoms with Gasteiger partial charge in [0.05, 0.1) is 0 Å². The van der Waals surface area contributed by atoms with E-state index >= 15 is 0 Å². The lowest BCUT2D eigenvalue weighted by Gasteiger charge is -1.93. The molecule has 2 heteroatoms. The average molecular weight is 125 g/mol. The van der Waals surface area contributed by atoms with Gasteiger partial charge in [-0.25, -0.2) is 0 Å². The Bertz CT molecular complexity index is 170. The van der Waals surface area contributed by atoms with Crippen LogP contribution in [0.25, 0.3) is 0 Å². The first kappa shape index (κ1) is 6.33. The predicted octanol–water partition coefficient (Wildman–Crippen LogP) is 0.972. The van der Waals surface area contributed by atoms with Crippen molar-refractivity contribution in [2.24, 2.45) is 5.73 Å². The lowest BCUT2D eigenvalue weighted by atomic mass is 10.2. The van der Waals surface area contributed by atoms with Gasteiger partial charge in [0.25, 0.3) is 0 Å². The Kier molecular flexibility index (Phi) is 1.56. The fourth-order valence-corrected chi connectivity index (χ4v) is 1.23. The van der Waals surface area contributed by atoms with Crippen LogP contribution in [0.5, 0.6) is 0 Å². The Morgan fingerprint density at radius 3 is 2.44 bits per heavy atom. The molecule has 0 aromatic carbocycles. The Balaban J connectivity index is 2.78. The number of rotatable bonds is 1. The molecule has 50 valence electrons. The minimum absolute atomic E-state index is 0.231. The van der Waals surface area contributed by atoms with Gasteiger partial charge in [-0.3, -0.25) is 4.79 Å². The quantitative estimate of drug-likeness (QED) is 0.557. The summed E-state index contributed by atoms with van der Waals surface area (Å²) in [5.41, 5.74) is 7.13. The van der Waals surface area contributed by atoms with Crippen LogP contribution in [0.4, 0.5) is 0 Å². The molecular weight excluding hydrogens is 114 g/mol. The SMILES string of the molecule is CC1=C(C(N)=O)CCC1. The maximum absolute atomic E-state index is 10.6. The zero-order chi connectivity index (χ0) is 6.85. The van der Waals surface area contributed by atoms with Gasteiger partial charge >= 0.3 is 0 Å². The third-order valence-corrected chi connectivity index (χ3v) is 1.79. The van der Waals surface area contributed by atoms with Crippen molar-refractivity contribution in [3.8, 4) is 0 Å². The number of carbonyl (C=O) groups is 1. The molecule has 1 rings (SSSR count). The summed E-state index contributed by atoms with van der Waals surface area (Å²) in [5, 5.41) is 0. The van der Waals surface area contributed by atoms with E-state index in [9.17, 15) is 4.79 Å². The number of hydrogen-bond donors (Lipinski definition) is 1. The van der Waals surface area contributed by atoms with Gasteiger partial charge < -0.3 is 5.73 Å². The van der Waals surface area contributed by atoms with Crippen LogP contribution in [0.15, 0.2) is 11.1 Å². The Hall–Kier alpha value is -0.790. The van der Waals surface area contributed by atoms with Crippen LogP contribution >= 0.6 is 0 Å². The van der Waals surface area contributed by atoms with Gasteiger partial charge in [0.15, 0.2) is 0 Å². The number of carbonyl (C=O) groups excluding carboxylic acids is 1. The van der Waals surface area contributed by atoms with Gasteiger partial charge in [-0.1, -0.05) is 5.57 Å². The number of amides is 1. The summed E-state index contributed by atoms with van der Waals surface area (Å²) in [5.74, 6) is -0.231. The maximum Gasteiger partial charge on any atom is 0.244 e. The highest BCUT2D eigenvalue weighted by molar-refractivity contribution is 5.93. The number of nitrogens with two attached hydrogens (primary N) is 1. The van der Waals surface area contributed by atoms with Crippen molar-refractivity contribution < 1.29 is 4.79 Å². The first-order chi connectivity index (χ1) is 4.22. The molecule has 2 N–H and O–H groups in total. The van der Waals surface area contributed by atoms with Gasteiger partial charge in [0.1, 0.15) is 0 Å². The van der Waals surface area contributed by atoms with Crippen LogP contribution in [-0.4, -0.2) is 5.91 Å². The molecule has 0 unspecified atom stereocenters. The van der Waals surface area contributed by atoms with Crippen LogP contribution in [0.2, 0.25) is 0 Å². The molecule has 9 heavy (non-hydrogen) atoms. The molecule has 0 bridgehead atoms. The molecular formula is C7H11NO. The molecule has 0 fully saturated rings. The first-order valence-corrected chi connectivity index (χ1v) is 3.20. The smallest absolute Gasteiger partial charge is 0.244 e. The number of primary amides is 1. The largest absolute Gasteiger partial charge is 0.366 e. The van der Waals surface area contributed by atoms with Crippen molar-refractivity contribution in [1.82, 2.24) is 0 Å². The molecule has 0 saturated carbocycles. The molecule has 1 aliphatic rings. The van der Waals surface area contributed by atoms with Crippen LogP contribution in [0, 0.1) is 0 Å². The summed E-state index contributed by atoms with van der Waals surface area (Å²) in [6, 6.07) is 0. The van der Waals surface area contributed by atoms with Gasteiger partial charge in [0.2, 0.25) is 5.91 Å². The standard InChI is InChI=1S/C7H11NO/c1-5-3-2-4-6(5)7(8)9/h2-4H2,1H3,(H2,8,9). The molecule has 0 saturated heterocycles. The number of hydrogen-bond acceptors (Lipinski definition) is 1. The van der Waals surface area contributed by atoms with Crippen molar-refractivity contribution >= 4 is 5.91 Å². The summed E-state index contributed by atoms with van der Waals surface area (Å²) in [7, 11) is 0. The van der Waals surface area contributed by atoms with E-state index in [1.165, 1.54) is 5.57 Å². The van der Waals surface area contributed by atoms with Crippen LogP contribution in [0.3, 0.4) is 0 Å². The van der Waals surface area contributed by atoms with E-state index < -0.39 is 0 Å². The lowest BCUT2D eigenvalue weighted by Crippen LogP contribution is -2.13. The molecule has 0 radical (unpaired) electrons. The van der Waals surface area contributed by atoms with Gasteiger partial charge in [-0.2, -0.15) is 0 Å². The minimum Gasteiger partial charge on any atom is -0.366 e. The Labute approximate surface area is 54.7 Å². The number of allylic oxidation sites excluding steroid dienone is 1. The molecule has 0 atom stereocenters. The Morgan fingerprint density at radius 1 is 1.56 bits per heavy atom. The maximum atomic E-state index is 10.6. The highest BCUT2D eigenvalue weighted by atomic mass is 16.1. The van der Waals surface area contributed by atoms with E-state index in [1.54, 1.807) is 0 Å². The van der Waals surface area contributed by atoms with E-state index in [1.807, 2.05) is 6.92 Å². The summed E-state index contributed by atoms with van der Waals surface area (Å²) in [4.78, 5) is 10.6. The van der Waals surface area contributed by atoms with Crippen molar-refractivity contribution in [2.75, 3.05) is 0 Å². The lowest BCUT2D eigenvalue weighted by molar-refractivity contribution is -0.114. The van der Waals surface area contributed by atoms with Crippen molar-refractivity contribution in [2.45, 2.75) is 26.2 Å². The second-order valence-electron chi connectivity index (χ2n) is 2.48. The molecule has 0 spiro atoms.